The maximum atomic E-state index is 5.93. The summed E-state index contributed by atoms with van der Waals surface area (Å²) in [7, 11) is 0. The first-order valence-electron chi connectivity index (χ1n) is 7.82. The van der Waals surface area contributed by atoms with Gasteiger partial charge in [0.1, 0.15) is 0 Å². The van der Waals surface area contributed by atoms with E-state index in [0.717, 1.165) is 29.8 Å². The van der Waals surface area contributed by atoms with Crippen LogP contribution in [0.5, 0.6) is 0 Å². The molecule has 0 saturated carbocycles. The van der Waals surface area contributed by atoms with E-state index in [1.54, 1.807) is 0 Å². The highest BCUT2D eigenvalue weighted by molar-refractivity contribution is 6.00. The van der Waals surface area contributed by atoms with E-state index in [1.165, 1.54) is 21.9 Å². The van der Waals surface area contributed by atoms with Crippen LogP contribution >= 0.6 is 0 Å². The Morgan fingerprint density at radius 2 is 1.77 bits per heavy atom. The van der Waals surface area contributed by atoms with Crippen LogP contribution in [0.15, 0.2) is 36.4 Å². The Labute approximate surface area is 130 Å². The molecule has 4 rings (SSSR count). The lowest BCUT2D eigenvalue weighted by atomic mass is 9.97. The molecule has 0 radical (unpaired) electrons. The van der Waals surface area contributed by atoms with E-state index in [-0.39, 0.29) is 0 Å². The summed E-state index contributed by atoms with van der Waals surface area (Å²) in [5, 5.41) is 2.68. The second-order valence-electron chi connectivity index (χ2n) is 6.30. The van der Waals surface area contributed by atoms with Crippen molar-refractivity contribution >= 4 is 16.7 Å². The van der Waals surface area contributed by atoms with Crippen LogP contribution < -0.4 is 5.73 Å². The van der Waals surface area contributed by atoms with Gasteiger partial charge in [0.25, 0.3) is 0 Å². The summed E-state index contributed by atoms with van der Waals surface area (Å²) >= 11 is 0. The fraction of sp³-hybridized carbons (Fsp3) is 0.263. The Morgan fingerprint density at radius 1 is 1.00 bits per heavy atom. The number of nitrogens with zero attached hydrogens (tertiary/aromatic N) is 2. The fourth-order valence-electron chi connectivity index (χ4n) is 3.39. The van der Waals surface area contributed by atoms with Gasteiger partial charge >= 0.3 is 0 Å². The number of rotatable bonds is 2. The third kappa shape index (κ3) is 1.97. The number of anilines is 1. The molecule has 1 aliphatic carbocycles. The predicted octanol–water partition coefficient (Wildman–Crippen LogP) is 4.10. The SMILES string of the molecule is CC(C)c1cc(-c2ccc3c4c(cccc24)CC3)nc(N)n1. The van der Waals surface area contributed by atoms with Crippen LogP contribution in [-0.2, 0) is 12.8 Å². The molecule has 0 aliphatic heterocycles. The van der Waals surface area contributed by atoms with Crippen LogP contribution in [0.4, 0.5) is 5.95 Å². The van der Waals surface area contributed by atoms with Crippen molar-refractivity contribution in [2.24, 2.45) is 0 Å². The van der Waals surface area contributed by atoms with Gasteiger partial charge in [-0.05, 0) is 46.7 Å². The molecule has 22 heavy (non-hydrogen) atoms. The number of aromatic nitrogens is 2. The van der Waals surface area contributed by atoms with Crippen LogP contribution in [0.1, 0.15) is 36.6 Å². The zero-order valence-electron chi connectivity index (χ0n) is 12.9. The third-order valence-electron chi connectivity index (χ3n) is 4.51. The van der Waals surface area contributed by atoms with E-state index < -0.39 is 0 Å². The summed E-state index contributed by atoms with van der Waals surface area (Å²) in [6.07, 6.45) is 2.28. The standard InChI is InChI=1S/C19H19N3/c1-11(2)16-10-17(22-19(20)21-16)14-9-8-13-7-6-12-4-3-5-15(14)18(12)13/h3-5,8-11H,6-7H2,1-2H3,(H2,20,21,22). The Hall–Kier alpha value is -2.42. The average Bonchev–Trinajstić information content (AvgIpc) is 2.92. The highest BCUT2D eigenvalue weighted by Gasteiger charge is 2.17. The van der Waals surface area contributed by atoms with Crippen molar-refractivity contribution < 1.29 is 0 Å². The molecule has 0 bridgehead atoms. The predicted molar refractivity (Wildman–Crippen MR) is 90.9 cm³/mol. The molecule has 1 heterocycles. The van der Waals surface area contributed by atoms with Crippen molar-refractivity contribution in [3.05, 3.63) is 53.2 Å². The number of nitrogens with two attached hydrogens (primary N) is 1. The number of hydrogen-bond donors (Lipinski definition) is 1. The second kappa shape index (κ2) is 4.80. The molecule has 3 aromatic rings. The number of hydrogen-bond acceptors (Lipinski definition) is 3. The van der Waals surface area contributed by atoms with Crippen LogP contribution in [-0.4, -0.2) is 9.97 Å². The quantitative estimate of drug-likeness (QED) is 0.772. The molecule has 0 atom stereocenters. The monoisotopic (exact) mass is 289 g/mol. The van der Waals surface area contributed by atoms with Gasteiger partial charge in [0, 0.05) is 11.3 Å². The van der Waals surface area contributed by atoms with Gasteiger partial charge < -0.3 is 5.73 Å². The highest BCUT2D eigenvalue weighted by Crippen LogP contribution is 2.37. The Balaban J connectivity index is 2.00. The van der Waals surface area contributed by atoms with E-state index in [4.69, 9.17) is 5.73 Å². The van der Waals surface area contributed by atoms with Crippen molar-refractivity contribution in [2.75, 3.05) is 5.73 Å². The molecule has 0 fully saturated rings. The molecule has 2 N–H and O–H groups in total. The third-order valence-corrected chi connectivity index (χ3v) is 4.51. The van der Waals surface area contributed by atoms with Crippen LogP contribution in [0, 0.1) is 0 Å². The van der Waals surface area contributed by atoms with Crippen molar-refractivity contribution in [1.29, 1.82) is 0 Å². The van der Waals surface area contributed by atoms with E-state index in [2.05, 4.69) is 60.2 Å². The van der Waals surface area contributed by atoms with E-state index >= 15 is 0 Å². The van der Waals surface area contributed by atoms with Crippen LogP contribution in [0.2, 0.25) is 0 Å². The Kier molecular flexibility index (Phi) is 2.89. The molecule has 3 nitrogen and oxygen atoms in total. The lowest BCUT2D eigenvalue weighted by Crippen LogP contribution is -2.02. The summed E-state index contributed by atoms with van der Waals surface area (Å²) in [5.74, 6) is 0.685. The lowest BCUT2D eigenvalue weighted by Gasteiger charge is -2.11. The second-order valence-corrected chi connectivity index (χ2v) is 6.30. The summed E-state index contributed by atoms with van der Waals surface area (Å²) in [6, 6.07) is 13.1. The number of benzene rings is 2. The fourth-order valence-corrected chi connectivity index (χ4v) is 3.39. The first-order chi connectivity index (χ1) is 10.6. The van der Waals surface area contributed by atoms with Gasteiger partial charge in [0.2, 0.25) is 5.95 Å². The van der Waals surface area contributed by atoms with Crippen molar-refractivity contribution in [2.45, 2.75) is 32.6 Å². The van der Waals surface area contributed by atoms with Crippen molar-refractivity contribution in [1.82, 2.24) is 9.97 Å². The van der Waals surface area contributed by atoms with Gasteiger partial charge in [-0.15, -0.1) is 0 Å². The molecule has 0 unspecified atom stereocenters. The normalized spacial score (nSPS) is 13.2. The van der Waals surface area contributed by atoms with Gasteiger partial charge in [0.05, 0.1) is 5.69 Å². The van der Waals surface area contributed by atoms with Crippen molar-refractivity contribution in [3.63, 3.8) is 0 Å². The minimum absolute atomic E-state index is 0.334. The number of aryl methyl sites for hydroxylation is 2. The largest absolute Gasteiger partial charge is 0.368 e. The summed E-state index contributed by atoms with van der Waals surface area (Å²) < 4.78 is 0. The highest BCUT2D eigenvalue weighted by atomic mass is 15.0. The van der Waals surface area contributed by atoms with E-state index in [0.29, 0.717) is 11.9 Å². The molecular formula is C19H19N3. The maximum Gasteiger partial charge on any atom is 0.220 e. The molecule has 2 aromatic carbocycles. The summed E-state index contributed by atoms with van der Waals surface area (Å²) in [5.41, 5.74) is 11.9. The Bertz CT molecular complexity index is 871. The van der Waals surface area contributed by atoms with E-state index in [9.17, 15) is 0 Å². The molecule has 0 spiro atoms. The maximum absolute atomic E-state index is 5.93. The molecule has 0 saturated heterocycles. The average molecular weight is 289 g/mol. The Morgan fingerprint density at radius 3 is 2.55 bits per heavy atom. The minimum Gasteiger partial charge on any atom is -0.368 e. The van der Waals surface area contributed by atoms with Gasteiger partial charge in [-0.1, -0.05) is 44.2 Å². The molecule has 3 heteroatoms. The zero-order valence-corrected chi connectivity index (χ0v) is 12.9. The first kappa shape index (κ1) is 13.3. The summed E-state index contributed by atoms with van der Waals surface area (Å²) in [6.45, 7) is 4.25. The van der Waals surface area contributed by atoms with Gasteiger partial charge in [-0.25, -0.2) is 9.97 Å². The van der Waals surface area contributed by atoms with Gasteiger partial charge in [-0.2, -0.15) is 0 Å². The van der Waals surface area contributed by atoms with Gasteiger partial charge in [-0.3, -0.25) is 0 Å². The van der Waals surface area contributed by atoms with Gasteiger partial charge in [0.15, 0.2) is 0 Å². The lowest BCUT2D eigenvalue weighted by molar-refractivity contribution is 0.819. The number of nitrogen functional groups attached to an aromatic ring is 1. The van der Waals surface area contributed by atoms with Crippen LogP contribution in [0.3, 0.4) is 0 Å². The zero-order chi connectivity index (χ0) is 15.3. The first-order valence-corrected chi connectivity index (χ1v) is 7.82. The molecular weight excluding hydrogens is 270 g/mol. The van der Waals surface area contributed by atoms with Crippen LogP contribution in [0.25, 0.3) is 22.0 Å². The smallest absolute Gasteiger partial charge is 0.220 e. The molecule has 1 aromatic heterocycles. The molecule has 1 aliphatic rings. The molecule has 110 valence electrons. The minimum atomic E-state index is 0.334. The van der Waals surface area contributed by atoms with Crippen molar-refractivity contribution in [3.8, 4) is 11.3 Å². The molecule has 0 amide bonds. The summed E-state index contributed by atoms with van der Waals surface area (Å²) in [4.78, 5) is 8.84. The van der Waals surface area contributed by atoms with E-state index in [1.807, 2.05) is 0 Å². The topological polar surface area (TPSA) is 51.8 Å².